The van der Waals surface area contributed by atoms with Crippen LogP contribution >= 0.6 is 0 Å². The Balaban J connectivity index is 0.000000151. The van der Waals surface area contributed by atoms with Crippen molar-refractivity contribution in [3.63, 3.8) is 0 Å². The first-order valence-corrected chi connectivity index (χ1v) is 35.7. The fourth-order valence-electron chi connectivity index (χ4n) is 12.5. The first kappa shape index (κ1) is 71.4. The minimum atomic E-state index is -3.94. The molecule has 3 aromatic carbocycles. The Kier molecular flexibility index (Phi) is 22.1. The summed E-state index contributed by atoms with van der Waals surface area (Å²) in [5.74, 6) is -0.462. The molecule has 0 spiro atoms. The number of carbonyl (C=O) groups is 4. The number of amides is 1. The summed E-state index contributed by atoms with van der Waals surface area (Å²) in [6.45, 7) is 6.17. The Morgan fingerprint density at radius 3 is 1.28 bits per heavy atom. The monoisotopic (exact) mass is 1410 g/mol. The molecule has 0 saturated carbocycles. The molecule has 1 saturated heterocycles. The van der Waals surface area contributed by atoms with Gasteiger partial charge in [0.05, 0.1) is 20.2 Å². The molecule has 0 bridgehead atoms. The van der Waals surface area contributed by atoms with Crippen LogP contribution in [0.2, 0.25) is 0 Å². The van der Waals surface area contributed by atoms with E-state index in [2.05, 4.69) is 73.9 Å². The number of pyridine rings is 3. The van der Waals surface area contributed by atoms with Gasteiger partial charge in [-0.25, -0.2) is 56.9 Å². The van der Waals surface area contributed by atoms with Gasteiger partial charge < -0.3 is 44.2 Å². The van der Waals surface area contributed by atoms with E-state index in [1.54, 1.807) is 85.5 Å². The lowest BCUT2D eigenvalue weighted by molar-refractivity contribution is -0.123. The summed E-state index contributed by atoms with van der Waals surface area (Å²) < 4.78 is 91.5. The van der Waals surface area contributed by atoms with E-state index in [0.29, 0.717) is 40.3 Å². The number of likely N-dealkylation sites (N-methyl/N-ethyl adjacent to an activating group) is 4. The Morgan fingerprint density at radius 1 is 0.475 bits per heavy atom. The van der Waals surface area contributed by atoms with Crippen LogP contribution in [-0.4, -0.2) is 193 Å². The Morgan fingerprint density at radius 2 is 0.879 bits per heavy atom. The highest BCUT2D eigenvalue weighted by atomic mass is 32.2. The lowest BCUT2D eigenvalue weighted by atomic mass is 10.00. The highest BCUT2D eigenvalue weighted by Crippen LogP contribution is 2.37. The van der Waals surface area contributed by atoms with Gasteiger partial charge in [0, 0.05) is 160 Å². The predicted molar refractivity (Wildman–Crippen MR) is 376 cm³/mol. The summed E-state index contributed by atoms with van der Waals surface area (Å²) in [6.07, 6.45) is 21.3. The van der Waals surface area contributed by atoms with Crippen molar-refractivity contribution in [1.29, 1.82) is 0 Å². The molecule has 0 radical (unpaired) electrons. The maximum atomic E-state index is 13.6. The van der Waals surface area contributed by atoms with E-state index in [1.165, 1.54) is 34.2 Å². The summed E-state index contributed by atoms with van der Waals surface area (Å²) >= 11 is 0. The van der Waals surface area contributed by atoms with Crippen LogP contribution in [0, 0.1) is 0 Å². The SMILES string of the molecule is CN1CC=C(c2cn(S(=O)(=O)c3ccc(N4CCCC4=O)cc3)c3ncccc23)CC1.CN1CC=C(c2cn(S(=O)(=O)c3ccc4c(c3)CCN4C)c3ncccc23)CC1.CN1CC=C(c2cn(S(=O)(=O)c3ccc4c(c3)oc(=O)n4C)c3ncccc23)CC1.O=CO.O=CO.O=CO. The fraction of sp³-hybridized carbons (Fsp3) is 0.275. The molecule has 1 fully saturated rings. The van der Waals surface area contributed by atoms with Gasteiger partial charge in [-0.2, -0.15) is 0 Å². The van der Waals surface area contributed by atoms with Crippen molar-refractivity contribution < 1.29 is 64.2 Å². The maximum absolute atomic E-state index is 13.6. The van der Waals surface area contributed by atoms with E-state index in [0.717, 1.165) is 139 Å². The van der Waals surface area contributed by atoms with Gasteiger partial charge in [0.15, 0.2) is 22.5 Å². The van der Waals surface area contributed by atoms with Crippen LogP contribution in [0.4, 0.5) is 11.4 Å². The van der Waals surface area contributed by atoms with Gasteiger partial charge in [-0.15, -0.1) is 0 Å². The summed E-state index contributed by atoms with van der Waals surface area (Å²) in [4.78, 5) is 73.1. The van der Waals surface area contributed by atoms with Crippen LogP contribution in [0.1, 0.15) is 54.4 Å². The van der Waals surface area contributed by atoms with Crippen molar-refractivity contribution in [3.05, 3.63) is 185 Å². The Bertz CT molecular complexity index is 5190. The third-order valence-corrected chi connectivity index (χ3v) is 22.7. The fourth-order valence-corrected chi connectivity index (χ4v) is 16.5. The number of anilines is 2. The van der Waals surface area contributed by atoms with E-state index in [1.807, 2.05) is 55.6 Å². The van der Waals surface area contributed by atoms with Crippen LogP contribution < -0.4 is 15.6 Å². The third-order valence-electron chi connectivity index (χ3n) is 17.7. The minimum absolute atomic E-state index is 0.0378. The van der Waals surface area contributed by atoms with E-state index >= 15 is 0 Å². The quantitative estimate of drug-likeness (QED) is 0.111. The summed E-state index contributed by atoms with van der Waals surface area (Å²) in [5.41, 5.74) is 11.2. The topological polar surface area (TPSA) is 336 Å². The standard InChI is InChI=1S/C23H24N4O3S.C22H24N4O2S.C21H20N4O4S.3CH2O2/c1-25-14-10-17(11-15-25)21-16-27(23-20(21)4-2-12-24-23)31(29,30)19-8-6-18(7-9-19)26-13-3-5-22(26)28;1-24-11-7-16(8-12-24)20-15-26(22-19(20)4-3-10-23-22)29(27,28)18-5-6-21-17(14-18)9-13-25(21)2;1-23-10-7-14(8-11-23)17-13-25(20-16(17)4-3-9-22-20)30(27,28)15-5-6-18-19(12-15)29-21(26)24(18)2;3*2-1-3/h2,4,6-10,12,16H,3,5,11,13-15H2,1H3;3-7,10,14-15H,8-9,11-13H2,1-2H3;3-7,9,12-13H,8,10-11H2,1-2H3;3*1H,(H,2,3). The summed E-state index contributed by atoms with van der Waals surface area (Å²) in [6, 6.07) is 27.7. The van der Waals surface area contributed by atoms with Crippen molar-refractivity contribution in [2.75, 3.05) is 90.3 Å². The van der Waals surface area contributed by atoms with E-state index < -0.39 is 35.8 Å². The maximum Gasteiger partial charge on any atom is 0.419 e. The molecule has 30 heteroatoms. The summed E-state index contributed by atoms with van der Waals surface area (Å²) in [7, 11) is -1.69. The molecule has 99 heavy (non-hydrogen) atoms. The molecule has 10 aromatic rings. The van der Waals surface area contributed by atoms with Gasteiger partial charge in [-0.1, -0.05) is 18.2 Å². The van der Waals surface area contributed by atoms with Crippen molar-refractivity contribution in [2.45, 2.75) is 53.2 Å². The van der Waals surface area contributed by atoms with Gasteiger partial charge in [-0.05, 0) is 167 Å². The second-order valence-electron chi connectivity index (χ2n) is 23.9. The highest BCUT2D eigenvalue weighted by Gasteiger charge is 2.30. The average molecular weight is 1410 g/mol. The first-order chi connectivity index (χ1) is 47.5. The van der Waals surface area contributed by atoms with Gasteiger partial charge in [0.2, 0.25) is 5.91 Å². The van der Waals surface area contributed by atoms with Crippen molar-refractivity contribution in [3.8, 4) is 0 Å². The number of benzene rings is 3. The normalized spacial score (nSPS) is 15.9. The first-order valence-electron chi connectivity index (χ1n) is 31.4. The van der Waals surface area contributed by atoms with Crippen LogP contribution in [0.15, 0.2) is 176 Å². The number of nitrogens with zero attached hydrogens (tertiary/aromatic N) is 12. The predicted octanol–water partition coefficient (Wildman–Crippen LogP) is 7.64. The number of oxazole rings is 1. The molecular formula is C69H74N12O15S3. The van der Waals surface area contributed by atoms with Crippen molar-refractivity contribution in [2.24, 2.45) is 7.05 Å². The third kappa shape index (κ3) is 14.9. The molecular weight excluding hydrogens is 1330 g/mol. The number of rotatable bonds is 10. The van der Waals surface area contributed by atoms with Gasteiger partial charge in [-0.3, -0.25) is 23.7 Å². The zero-order valence-electron chi connectivity index (χ0n) is 54.9. The highest BCUT2D eigenvalue weighted by molar-refractivity contribution is 7.90. The molecule has 1 amide bonds. The molecule has 5 aliphatic heterocycles. The second kappa shape index (κ2) is 30.6. The summed E-state index contributed by atoms with van der Waals surface area (Å²) in [5, 5.41) is 23.2. The number of hydrogen-bond donors (Lipinski definition) is 3. The molecule has 27 nitrogen and oxygen atoms in total. The van der Waals surface area contributed by atoms with Crippen molar-refractivity contribution >= 4 is 128 Å². The zero-order chi connectivity index (χ0) is 70.9. The minimum Gasteiger partial charge on any atom is -0.483 e. The molecule has 0 aliphatic carbocycles. The Hall–Kier alpha value is -10.4. The Labute approximate surface area is 570 Å². The van der Waals surface area contributed by atoms with E-state index in [4.69, 9.17) is 34.1 Å². The largest absolute Gasteiger partial charge is 0.483 e. The molecule has 5 aliphatic rings. The van der Waals surface area contributed by atoms with E-state index in [-0.39, 0.29) is 40.7 Å². The number of fused-ring (bicyclic) bond motifs is 5. The van der Waals surface area contributed by atoms with Crippen LogP contribution in [0.3, 0.4) is 0 Å². The number of carbonyl (C=O) groups excluding carboxylic acids is 1. The number of carboxylic acid groups (broad SMARTS) is 3. The van der Waals surface area contributed by atoms with Gasteiger partial charge in [0.25, 0.3) is 49.5 Å². The lowest BCUT2D eigenvalue weighted by Gasteiger charge is -2.21. The molecule has 3 N–H and O–H groups in total. The smallest absolute Gasteiger partial charge is 0.419 e. The molecule has 15 rings (SSSR count). The second-order valence-corrected chi connectivity index (χ2v) is 29.3. The van der Waals surface area contributed by atoms with Crippen molar-refractivity contribution in [1.82, 2.24) is 46.1 Å². The zero-order valence-corrected chi connectivity index (χ0v) is 57.3. The molecule has 0 atom stereocenters. The molecule has 518 valence electrons. The number of hydrogen-bond acceptors (Lipinski definition) is 19. The van der Waals surface area contributed by atoms with E-state index in [9.17, 15) is 34.8 Å². The van der Waals surface area contributed by atoms with Crippen LogP contribution in [0.5, 0.6) is 0 Å². The molecule has 12 heterocycles. The van der Waals surface area contributed by atoms with Crippen LogP contribution in [-0.2, 0) is 62.7 Å². The van der Waals surface area contributed by atoms with Crippen LogP contribution in [0.25, 0.3) is 60.9 Å². The number of aromatic nitrogens is 7. The molecule has 0 unspecified atom stereocenters. The van der Waals surface area contributed by atoms with Gasteiger partial charge in [0.1, 0.15) is 0 Å². The lowest BCUT2D eigenvalue weighted by Crippen LogP contribution is -2.23. The average Bonchev–Trinajstić information content (AvgIpc) is 1.62. The number of aryl methyl sites for hydroxylation is 1. The van der Waals surface area contributed by atoms with Gasteiger partial charge >= 0.3 is 5.76 Å². The molecule has 7 aromatic heterocycles.